The first-order chi connectivity index (χ1) is 8.78. The van der Waals surface area contributed by atoms with Crippen molar-refractivity contribution in [1.82, 2.24) is 5.32 Å². The topological polar surface area (TPSA) is 47.3 Å². The number of nitrogens with one attached hydrogen (secondary N) is 1. The van der Waals surface area contributed by atoms with Gasteiger partial charge in [0.1, 0.15) is 5.75 Å². The number of nitrogens with two attached hydrogens (primary N) is 1. The second-order valence-electron chi connectivity index (χ2n) is 5.16. The van der Waals surface area contributed by atoms with Crippen LogP contribution < -0.4 is 15.8 Å². The summed E-state index contributed by atoms with van der Waals surface area (Å²) in [6, 6.07) is 9.42. The summed E-state index contributed by atoms with van der Waals surface area (Å²) < 4.78 is 5.15. The summed E-state index contributed by atoms with van der Waals surface area (Å²) >= 11 is 0. The van der Waals surface area contributed by atoms with Crippen LogP contribution in [0.1, 0.15) is 31.2 Å². The van der Waals surface area contributed by atoms with Gasteiger partial charge in [0, 0.05) is 12.1 Å². The highest BCUT2D eigenvalue weighted by Gasteiger charge is 2.17. The summed E-state index contributed by atoms with van der Waals surface area (Å²) in [6.45, 7) is 1.05. The van der Waals surface area contributed by atoms with E-state index >= 15 is 0 Å². The maximum absolute atomic E-state index is 5.90. The van der Waals surface area contributed by atoms with E-state index < -0.39 is 0 Å². The van der Waals surface area contributed by atoms with E-state index in [2.05, 4.69) is 17.4 Å². The molecule has 1 aromatic rings. The molecule has 1 aromatic carbocycles. The van der Waals surface area contributed by atoms with Gasteiger partial charge in [0.15, 0.2) is 0 Å². The van der Waals surface area contributed by atoms with Crippen LogP contribution in [-0.2, 0) is 6.42 Å². The van der Waals surface area contributed by atoms with Crippen molar-refractivity contribution in [3.05, 3.63) is 29.8 Å². The van der Waals surface area contributed by atoms with Crippen molar-refractivity contribution in [3.8, 4) is 5.75 Å². The van der Waals surface area contributed by atoms with Gasteiger partial charge < -0.3 is 15.8 Å². The molecular formula is C15H24N2O. The summed E-state index contributed by atoms with van der Waals surface area (Å²) in [4.78, 5) is 0. The van der Waals surface area contributed by atoms with Gasteiger partial charge in [0.2, 0.25) is 0 Å². The van der Waals surface area contributed by atoms with Crippen molar-refractivity contribution in [2.45, 2.75) is 44.2 Å². The smallest absolute Gasteiger partial charge is 0.118 e. The van der Waals surface area contributed by atoms with Gasteiger partial charge >= 0.3 is 0 Å². The average molecular weight is 248 g/mol. The van der Waals surface area contributed by atoms with Crippen molar-refractivity contribution in [2.75, 3.05) is 13.7 Å². The van der Waals surface area contributed by atoms with Crippen LogP contribution in [-0.4, -0.2) is 25.7 Å². The molecule has 3 nitrogen and oxygen atoms in total. The first kappa shape index (κ1) is 13.4. The first-order valence-corrected chi connectivity index (χ1v) is 6.90. The molecule has 18 heavy (non-hydrogen) atoms. The number of hydrogen-bond acceptors (Lipinski definition) is 3. The van der Waals surface area contributed by atoms with Crippen LogP contribution in [0.5, 0.6) is 5.75 Å². The third-order valence-electron chi connectivity index (χ3n) is 3.78. The van der Waals surface area contributed by atoms with Gasteiger partial charge in [-0.05, 0) is 56.3 Å². The van der Waals surface area contributed by atoms with Crippen molar-refractivity contribution in [1.29, 1.82) is 0 Å². The predicted molar refractivity (Wildman–Crippen MR) is 74.9 cm³/mol. The fourth-order valence-electron chi connectivity index (χ4n) is 2.54. The Labute approximate surface area is 110 Å². The lowest BCUT2D eigenvalue weighted by Crippen LogP contribution is -2.38. The second kappa shape index (κ2) is 6.76. The van der Waals surface area contributed by atoms with E-state index in [0.29, 0.717) is 12.1 Å². The summed E-state index contributed by atoms with van der Waals surface area (Å²) in [5.41, 5.74) is 7.26. The zero-order valence-corrected chi connectivity index (χ0v) is 11.2. The average Bonchev–Trinajstić information content (AvgIpc) is 2.42. The minimum atomic E-state index is 0.435. The molecule has 0 aromatic heterocycles. The normalized spacial score (nSPS) is 23.9. The molecule has 0 unspecified atom stereocenters. The third-order valence-corrected chi connectivity index (χ3v) is 3.78. The van der Waals surface area contributed by atoms with Crippen LogP contribution in [0.15, 0.2) is 24.3 Å². The molecule has 0 saturated heterocycles. The van der Waals surface area contributed by atoms with E-state index in [0.717, 1.165) is 18.7 Å². The van der Waals surface area contributed by atoms with E-state index in [1.54, 1.807) is 7.11 Å². The van der Waals surface area contributed by atoms with Gasteiger partial charge in [0.25, 0.3) is 0 Å². The van der Waals surface area contributed by atoms with Gasteiger partial charge in [-0.3, -0.25) is 0 Å². The SMILES string of the molecule is COc1ccc(CCNC2CCC(N)CC2)cc1. The lowest BCUT2D eigenvalue weighted by molar-refractivity contribution is 0.344. The Hall–Kier alpha value is -1.06. The molecule has 0 atom stereocenters. The maximum atomic E-state index is 5.90. The third kappa shape index (κ3) is 4.00. The molecule has 1 aliphatic rings. The van der Waals surface area contributed by atoms with Gasteiger partial charge in [-0.25, -0.2) is 0 Å². The van der Waals surface area contributed by atoms with Crippen molar-refractivity contribution in [2.24, 2.45) is 5.73 Å². The first-order valence-electron chi connectivity index (χ1n) is 6.90. The van der Waals surface area contributed by atoms with Crippen LogP contribution in [0.2, 0.25) is 0 Å². The fourth-order valence-corrected chi connectivity index (χ4v) is 2.54. The zero-order chi connectivity index (χ0) is 12.8. The van der Waals surface area contributed by atoms with Gasteiger partial charge in [-0.1, -0.05) is 12.1 Å². The summed E-state index contributed by atoms with van der Waals surface area (Å²) in [5, 5.41) is 3.63. The molecule has 3 heteroatoms. The van der Waals surface area contributed by atoms with Gasteiger partial charge in [-0.15, -0.1) is 0 Å². The van der Waals surface area contributed by atoms with Crippen molar-refractivity contribution < 1.29 is 4.74 Å². The molecule has 0 heterocycles. The van der Waals surface area contributed by atoms with E-state index in [1.807, 2.05) is 12.1 Å². The molecule has 0 radical (unpaired) electrons. The molecule has 1 aliphatic carbocycles. The lowest BCUT2D eigenvalue weighted by Gasteiger charge is -2.26. The summed E-state index contributed by atoms with van der Waals surface area (Å²) in [5.74, 6) is 0.924. The number of rotatable bonds is 5. The molecule has 1 fully saturated rings. The predicted octanol–water partition coefficient (Wildman–Crippen LogP) is 2.10. The highest BCUT2D eigenvalue weighted by molar-refractivity contribution is 5.27. The van der Waals surface area contributed by atoms with Crippen molar-refractivity contribution >= 4 is 0 Å². The van der Waals surface area contributed by atoms with E-state index in [1.165, 1.54) is 31.2 Å². The van der Waals surface area contributed by atoms with Crippen LogP contribution in [0, 0.1) is 0 Å². The summed E-state index contributed by atoms with van der Waals surface area (Å²) in [7, 11) is 1.70. The molecule has 0 spiro atoms. The van der Waals surface area contributed by atoms with Crippen LogP contribution in [0.3, 0.4) is 0 Å². The number of benzene rings is 1. The fraction of sp³-hybridized carbons (Fsp3) is 0.600. The molecule has 0 bridgehead atoms. The highest BCUT2D eigenvalue weighted by atomic mass is 16.5. The molecule has 0 aliphatic heterocycles. The van der Waals surface area contributed by atoms with Crippen LogP contribution in [0.25, 0.3) is 0 Å². The molecule has 0 amide bonds. The van der Waals surface area contributed by atoms with Gasteiger partial charge in [-0.2, -0.15) is 0 Å². The van der Waals surface area contributed by atoms with Gasteiger partial charge in [0.05, 0.1) is 7.11 Å². The highest BCUT2D eigenvalue weighted by Crippen LogP contribution is 2.17. The molecule has 2 rings (SSSR count). The quantitative estimate of drug-likeness (QED) is 0.839. The minimum Gasteiger partial charge on any atom is -0.497 e. The molecular weight excluding hydrogens is 224 g/mol. The number of methoxy groups -OCH3 is 1. The molecule has 3 N–H and O–H groups in total. The van der Waals surface area contributed by atoms with E-state index in [4.69, 9.17) is 10.5 Å². The number of ether oxygens (including phenoxy) is 1. The summed E-state index contributed by atoms with van der Waals surface area (Å²) in [6.07, 6.45) is 5.86. The van der Waals surface area contributed by atoms with Crippen LogP contribution in [0.4, 0.5) is 0 Å². The molecule has 100 valence electrons. The van der Waals surface area contributed by atoms with Crippen LogP contribution >= 0.6 is 0 Å². The van der Waals surface area contributed by atoms with Crippen molar-refractivity contribution in [3.63, 3.8) is 0 Å². The number of hydrogen-bond donors (Lipinski definition) is 2. The second-order valence-corrected chi connectivity index (χ2v) is 5.16. The van der Waals surface area contributed by atoms with E-state index in [9.17, 15) is 0 Å². The Bertz CT molecular complexity index is 342. The van der Waals surface area contributed by atoms with E-state index in [-0.39, 0.29) is 0 Å². The minimum absolute atomic E-state index is 0.435. The monoisotopic (exact) mass is 248 g/mol. The Balaban J connectivity index is 1.68. The Morgan fingerprint density at radius 1 is 1.17 bits per heavy atom. The molecule has 1 saturated carbocycles. The lowest BCUT2D eigenvalue weighted by atomic mass is 9.92. The largest absolute Gasteiger partial charge is 0.497 e. The Morgan fingerprint density at radius 2 is 1.83 bits per heavy atom. The zero-order valence-electron chi connectivity index (χ0n) is 11.2. The Morgan fingerprint density at radius 3 is 2.44 bits per heavy atom. The Kier molecular flexibility index (Phi) is 5.02. The standard InChI is InChI=1S/C15H24N2O/c1-18-15-8-2-12(3-9-15)10-11-17-14-6-4-13(16)5-7-14/h2-3,8-9,13-14,17H,4-7,10-11,16H2,1H3. The maximum Gasteiger partial charge on any atom is 0.118 e.